The van der Waals surface area contributed by atoms with Gasteiger partial charge in [0.1, 0.15) is 18.9 Å². The normalized spacial score (nSPS) is 10.5. The lowest BCUT2D eigenvalue weighted by Crippen LogP contribution is -2.30. The molecule has 162 valence electrons. The first-order valence-electron chi connectivity index (χ1n) is 9.71. The molecule has 0 bridgehead atoms. The number of nitrogens with zero attached hydrogens (tertiary/aromatic N) is 4. The highest BCUT2D eigenvalue weighted by atomic mass is 16.5. The summed E-state index contributed by atoms with van der Waals surface area (Å²) in [6, 6.07) is 11.6. The van der Waals surface area contributed by atoms with Gasteiger partial charge in [0.15, 0.2) is 5.82 Å². The second-order valence-electron chi connectivity index (χ2n) is 6.93. The van der Waals surface area contributed by atoms with Crippen LogP contribution >= 0.6 is 0 Å². The van der Waals surface area contributed by atoms with E-state index in [-0.39, 0.29) is 23.9 Å². The van der Waals surface area contributed by atoms with Gasteiger partial charge in [-0.1, -0.05) is 0 Å². The molecule has 0 unspecified atom stereocenters. The van der Waals surface area contributed by atoms with Gasteiger partial charge in [-0.05, 0) is 50.2 Å². The number of benzene rings is 1. The molecule has 0 aliphatic carbocycles. The van der Waals surface area contributed by atoms with Crippen molar-refractivity contribution >= 4 is 17.5 Å². The number of rotatable bonds is 8. The summed E-state index contributed by atoms with van der Waals surface area (Å²) in [6.45, 7) is 5.71. The standard InChI is InChI=1S/C21H24N6O4/c1-14-12-15(2)27(24-14)19-8-9-21(30)26(25-19)13-20(29)23-17-4-6-18(7-5-17)31-11-10-22-16(3)28/h4-9,12H,10-11,13H2,1-3H3,(H,22,28)(H,23,29). The number of anilines is 1. The molecule has 0 atom stereocenters. The highest BCUT2D eigenvalue weighted by Crippen LogP contribution is 2.15. The van der Waals surface area contributed by atoms with E-state index >= 15 is 0 Å². The molecule has 31 heavy (non-hydrogen) atoms. The van der Waals surface area contributed by atoms with Gasteiger partial charge in [-0.2, -0.15) is 5.10 Å². The fourth-order valence-corrected chi connectivity index (χ4v) is 2.89. The van der Waals surface area contributed by atoms with Crippen LogP contribution in [0.2, 0.25) is 0 Å². The van der Waals surface area contributed by atoms with E-state index in [1.165, 1.54) is 13.0 Å². The van der Waals surface area contributed by atoms with E-state index in [0.717, 1.165) is 16.1 Å². The summed E-state index contributed by atoms with van der Waals surface area (Å²) in [5, 5.41) is 14.0. The molecular formula is C21H24N6O4. The Kier molecular flexibility index (Phi) is 6.81. The summed E-state index contributed by atoms with van der Waals surface area (Å²) in [5.41, 5.74) is 1.88. The highest BCUT2D eigenvalue weighted by molar-refractivity contribution is 5.90. The molecule has 0 fully saturated rings. The Labute approximate surface area is 178 Å². The largest absolute Gasteiger partial charge is 0.492 e. The monoisotopic (exact) mass is 424 g/mol. The maximum Gasteiger partial charge on any atom is 0.267 e. The predicted octanol–water partition coefficient (Wildman–Crippen LogP) is 1.20. The molecule has 2 amide bonds. The minimum absolute atomic E-state index is 0.115. The zero-order valence-corrected chi connectivity index (χ0v) is 17.6. The fourth-order valence-electron chi connectivity index (χ4n) is 2.89. The maximum absolute atomic E-state index is 12.4. The van der Waals surface area contributed by atoms with Crippen LogP contribution in [0.4, 0.5) is 5.69 Å². The van der Waals surface area contributed by atoms with Crippen LogP contribution in [0, 0.1) is 13.8 Å². The lowest BCUT2D eigenvalue weighted by atomic mass is 10.3. The van der Waals surface area contributed by atoms with E-state index in [1.807, 2.05) is 19.9 Å². The zero-order chi connectivity index (χ0) is 22.4. The summed E-state index contributed by atoms with van der Waals surface area (Å²) in [4.78, 5) is 35.4. The third-order valence-electron chi connectivity index (χ3n) is 4.26. The smallest absolute Gasteiger partial charge is 0.267 e. The first-order chi connectivity index (χ1) is 14.8. The van der Waals surface area contributed by atoms with Crippen LogP contribution in [0.15, 0.2) is 47.3 Å². The van der Waals surface area contributed by atoms with Gasteiger partial charge < -0.3 is 15.4 Å². The molecule has 0 spiro atoms. The minimum atomic E-state index is -0.389. The number of carbonyl (C=O) groups is 2. The lowest BCUT2D eigenvalue weighted by Gasteiger charge is -2.10. The molecule has 3 aromatic rings. The summed E-state index contributed by atoms with van der Waals surface area (Å²) < 4.78 is 8.22. The van der Waals surface area contributed by atoms with E-state index in [1.54, 1.807) is 35.0 Å². The van der Waals surface area contributed by atoms with Crippen molar-refractivity contribution in [3.63, 3.8) is 0 Å². The van der Waals surface area contributed by atoms with E-state index < -0.39 is 0 Å². The van der Waals surface area contributed by atoms with Crippen molar-refractivity contribution in [2.24, 2.45) is 0 Å². The van der Waals surface area contributed by atoms with Crippen molar-refractivity contribution in [2.75, 3.05) is 18.5 Å². The van der Waals surface area contributed by atoms with Crippen LogP contribution < -0.4 is 20.9 Å². The summed E-state index contributed by atoms with van der Waals surface area (Å²) in [6.07, 6.45) is 0. The highest BCUT2D eigenvalue weighted by Gasteiger charge is 2.10. The number of ether oxygens (including phenoxy) is 1. The second kappa shape index (κ2) is 9.70. The number of hydrogen-bond donors (Lipinski definition) is 2. The van der Waals surface area contributed by atoms with Crippen molar-refractivity contribution in [2.45, 2.75) is 27.3 Å². The Bertz CT molecular complexity index is 1130. The lowest BCUT2D eigenvalue weighted by molar-refractivity contribution is -0.119. The van der Waals surface area contributed by atoms with Crippen molar-refractivity contribution in [3.05, 3.63) is 64.2 Å². The Morgan fingerprint density at radius 3 is 2.45 bits per heavy atom. The SMILES string of the molecule is CC(=O)NCCOc1ccc(NC(=O)Cn2nc(-n3nc(C)cc3C)ccc2=O)cc1. The van der Waals surface area contributed by atoms with Crippen LogP contribution in [-0.2, 0) is 16.1 Å². The molecule has 3 rings (SSSR count). The first-order valence-corrected chi connectivity index (χ1v) is 9.71. The maximum atomic E-state index is 12.4. The molecule has 2 N–H and O–H groups in total. The number of nitrogens with one attached hydrogen (secondary N) is 2. The van der Waals surface area contributed by atoms with Crippen LogP contribution in [0.5, 0.6) is 5.75 Å². The zero-order valence-electron chi connectivity index (χ0n) is 17.6. The second-order valence-corrected chi connectivity index (χ2v) is 6.93. The quantitative estimate of drug-likeness (QED) is 0.524. The molecule has 10 heteroatoms. The summed E-state index contributed by atoms with van der Waals surface area (Å²) in [5.74, 6) is 0.563. The third kappa shape index (κ3) is 6.01. The Hall–Kier alpha value is -3.95. The Morgan fingerprint density at radius 2 is 1.81 bits per heavy atom. The van der Waals surface area contributed by atoms with Gasteiger partial charge in [-0.25, -0.2) is 9.36 Å². The first kappa shape index (κ1) is 21.8. The Morgan fingerprint density at radius 1 is 1.06 bits per heavy atom. The van der Waals surface area contributed by atoms with Crippen molar-refractivity contribution in [1.29, 1.82) is 0 Å². The molecule has 0 saturated heterocycles. The van der Waals surface area contributed by atoms with Crippen molar-refractivity contribution in [1.82, 2.24) is 24.9 Å². The molecule has 10 nitrogen and oxygen atoms in total. The summed E-state index contributed by atoms with van der Waals surface area (Å²) in [7, 11) is 0. The van der Waals surface area contributed by atoms with Crippen molar-refractivity contribution in [3.8, 4) is 11.6 Å². The van der Waals surface area contributed by atoms with Crippen LogP contribution in [0.1, 0.15) is 18.3 Å². The average molecular weight is 424 g/mol. The van der Waals surface area contributed by atoms with E-state index in [9.17, 15) is 14.4 Å². The summed E-state index contributed by atoms with van der Waals surface area (Å²) >= 11 is 0. The van der Waals surface area contributed by atoms with Gasteiger partial charge in [0.2, 0.25) is 11.8 Å². The van der Waals surface area contributed by atoms with Gasteiger partial charge >= 0.3 is 0 Å². The minimum Gasteiger partial charge on any atom is -0.492 e. The average Bonchev–Trinajstić information content (AvgIpc) is 3.06. The molecule has 1 aromatic carbocycles. The van der Waals surface area contributed by atoms with Gasteiger partial charge in [-0.15, -0.1) is 5.10 Å². The molecule has 0 saturated carbocycles. The van der Waals surface area contributed by atoms with Crippen molar-refractivity contribution < 1.29 is 14.3 Å². The number of hydrogen-bond acceptors (Lipinski definition) is 6. The van der Waals surface area contributed by atoms with Gasteiger partial charge in [0.25, 0.3) is 5.56 Å². The number of aromatic nitrogens is 4. The molecule has 0 aliphatic rings. The molecule has 0 radical (unpaired) electrons. The third-order valence-corrected chi connectivity index (χ3v) is 4.26. The van der Waals surface area contributed by atoms with Crippen LogP contribution in [0.3, 0.4) is 0 Å². The van der Waals surface area contributed by atoms with E-state index in [0.29, 0.717) is 30.4 Å². The fraction of sp³-hybridized carbons (Fsp3) is 0.286. The molecule has 2 aromatic heterocycles. The number of aryl methyl sites for hydroxylation is 2. The number of amides is 2. The molecular weight excluding hydrogens is 400 g/mol. The van der Waals surface area contributed by atoms with E-state index in [4.69, 9.17) is 4.74 Å². The molecule has 2 heterocycles. The predicted molar refractivity (Wildman–Crippen MR) is 114 cm³/mol. The van der Waals surface area contributed by atoms with Gasteiger partial charge in [0, 0.05) is 24.4 Å². The number of carbonyl (C=O) groups excluding carboxylic acids is 2. The Balaban J connectivity index is 1.60. The van der Waals surface area contributed by atoms with Crippen LogP contribution in [-0.4, -0.2) is 44.5 Å². The molecule has 0 aliphatic heterocycles. The van der Waals surface area contributed by atoms with E-state index in [2.05, 4.69) is 20.8 Å². The topological polar surface area (TPSA) is 120 Å². The van der Waals surface area contributed by atoms with Gasteiger partial charge in [0.05, 0.1) is 12.2 Å². The van der Waals surface area contributed by atoms with Crippen LogP contribution in [0.25, 0.3) is 5.82 Å². The van der Waals surface area contributed by atoms with Gasteiger partial charge in [-0.3, -0.25) is 14.4 Å².